The van der Waals surface area contributed by atoms with Gasteiger partial charge in [0.25, 0.3) is 0 Å². The van der Waals surface area contributed by atoms with E-state index in [1.165, 1.54) is 0 Å². The molecular formula is C16H21NO5S. The smallest absolute Gasteiger partial charge is 0.408 e. The second kappa shape index (κ2) is 8.57. The Hall–Kier alpha value is -2.02. The number of hydrogen-bond acceptors (Lipinski definition) is 5. The van der Waals surface area contributed by atoms with Crippen molar-refractivity contribution < 1.29 is 23.9 Å². The Morgan fingerprint density at radius 1 is 1.17 bits per heavy atom. The third kappa shape index (κ3) is 8.25. The SMILES string of the molecule is CC(C)(C)OC(=O)NC(CC(=O)S)C(=O)OCc1ccccc1. The van der Waals surface area contributed by atoms with Crippen molar-refractivity contribution in [3.05, 3.63) is 35.9 Å². The number of carbonyl (C=O) groups is 3. The van der Waals surface area contributed by atoms with Gasteiger partial charge in [0, 0.05) is 6.42 Å². The molecule has 1 amide bonds. The number of amides is 1. The van der Waals surface area contributed by atoms with Crippen molar-refractivity contribution in [2.75, 3.05) is 0 Å². The maximum absolute atomic E-state index is 12.1. The van der Waals surface area contributed by atoms with Crippen LogP contribution in [0.25, 0.3) is 0 Å². The van der Waals surface area contributed by atoms with E-state index in [-0.39, 0.29) is 13.0 Å². The van der Waals surface area contributed by atoms with Gasteiger partial charge in [-0.1, -0.05) is 30.3 Å². The van der Waals surface area contributed by atoms with Crippen LogP contribution in [0.1, 0.15) is 32.8 Å². The molecule has 0 radical (unpaired) electrons. The molecule has 23 heavy (non-hydrogen) atoms. The highest BCUT2D eigenvalue weighted by atomic mass is 32.1. The normalized spacial score (nSPS) is 12.2. The molecule has 1 unspecified atom stereocenters. The topological polar surface area (TPSA) is 81.7 Å². The predicted molar refractivity (Wildman–Crippen MR) is 88.0 cm³/mol. The maximum atomic E-state index is 12.1. The van der Waals surface area contributed by atoms with Crippen molar-refractivity contribution in [1.82, 2.24) is 5.32 Å². The molecule has 0 heterocycles. The summed E-state index contributed by atoms with van der Waals surface area (Å²) in [5, 5.41) is 1.80. The second-order valence-electron chi connectivity index (χ2n) is 5.89. The summed E-state index contributed by atoms with van der Waals surface area (Å²) in [7, 11) is 0. The van der Waals surface area contributed by atoms with Crippen molar-refractivity contribution in [1.29, 1.82) is 0 Å². The molecule has 0 spiro atoms. The number of hydrogen-bond donors (Lipinski definition) is 2. The lowest BCUT2D eigenvalue weighted by molar-refractivity contribution is -0.148. The van der Waals surface area contributed by atoms with E-state index in [0.29, 0.717) is 0 Å². The summed E-state index contributed by atoms with van der Waals surface area (Å²) in [6, 6.07) is 7.94. The first-order chi connectivity index (χ1) is 10.7. The van der Waals surface area contributed by atoms with Crippen LogP contribution in [0.4, 0.5) is 4.79 Å². The highest BCUT2D eigenvalue weighted by molar-refractivity contribution is 7.96. The van der Waals surface area contributed by atoms with Crippen LogP contribution in [0, 0.1) is 0 Å². The van der Waals surface area contributed by atoms with Crippen LogP contribution < -0.4 is 5.32 Å². The zero-order valence-corrected chi connectivity index (χ0v) is 14.3. The number of benzene rings is 1. The lowest BCUT2D eigenvalue weighted by Crippen LogP contribution is -2.45. The average Bonchev–Trinajstić information content (AvgIpc) is 2.42. The minimum Gasteiger partial charge on any atom is -0.459 e. The monoisotopic (exact) mass is 339 g/mol. The molecule has 7 heteroatoms. The molecule has 0 fully saturated rings. The standard InChI is InChI=1S/C16H21NO5S/c1-16(2,3)22-15(20)17-12(9-13(18)23)14(19)21-10-11-7-5-4-6-8-11/h4-8,12H,9-10H2,1-3H3,(H,17,20)(H,18,23). The van der Waals surface area contributed by atoms with Gasteiger partial charge in [-0.2, -0.15) is 0 Å². The van der Waals surface area contributed by atoms with E-state index in [9.17, 15) is 14.4 Å². The van der Waals surface area contributed by atoms with Gasteiger partial charge >= 0.3 is 12.1 Å². The molecular weight excluding hydrogens is 318 g/mol. The first kappa shape index (κ1) is 19.0. The first-order valence-electron chi connectivity index (χ1n) is 7.09. The van der Waals surface area contributed by atoms with E-state index in [2.05, 4.69) is 17.9 Å². The average molecular weight is 339 g/mol. The fourth-order valence-electron chi connectivity index (χ4n) is 1.65. The Balaban J connectivity index is 2.63. The molecule has 1 aromatic rings. The van der Waals surface area contributed by atoms with Crippen LogP contribution >= 0.6 is 12.6 Å². The molecule has 1 atom stereocenters. The fourth-order valence-corrected chi connectivity index (χ4v) is 1.83. The molecule has 1 N–H and O–H groups in total. The summed E-state index contributed by atoms with van der Waals surface area (Å²) < 4.78 is 10.2. The zero-order chi connectivity index (χ0) is 17.5. The van der Waals surface area contributed by atoms with Crippen LogP contribution in [0.3, 0.4) is 0 Å². The molecule has 1 aromatic carbocycles. The first-order valence-corrected chi connectivity index (χ1v) is 7.54. The molecule has 0 bridgehead atoms. The number of esters is 1. The van der Waals surface area contributed by atoms with E-state index in [1.807, 2.05) is 18.2 Å². The maximum Gasteiger partial charge on any atom is 0.408 e. The lowest BCUT2D eigenvalue weighted by atomic mass is 10.2. The van der Waals surface area contributed by atoms with Crippen molar-refractivity contribution >= 4 is 29.8 Å². The molecule has 126 valence electrons. The van der Waals surface area contributed by atoms with Crippen LogP contribution in [-0.4, -0.2) is 28.8 Å². The third-order valence-electron chi connectivity index (χ3n) is 2.58. The number of carbonyl (C=O) groups excluding carboxylic acids is 3. The van der Waals surface area contributed by atoms with Gasteiger partial charge in [-0.15, -0.1) is 12.6 Å². The van der Waals surface area contributed by atoms with Gasteiger partial charge in [0.1, 0.15) is 18.2 Å². The highest BCUT2D eigenvalue weighted by Crippen LogP contribution is 2.09. The molecule has 0 aliphatic heterocycles. The summed E-state index contributed by atoms with van der Waals surface area (Å²) in [4.78, 5) is 35.0. The van der Waals surface area contributed by atoms with E-state index < -0.39 is 28.8 Å². The molecule has 0 aliphatic carbocycles. The third-order valence-corrected chi connectivity index (χ3v) is 2.76. The van der Waals surface area contributed by atoms with Crippen molar-refractivity contribution in [2.24, 2.45) is 0 Å². The van der Waals surface area contributed by atoms with E-state index in [0.717, 1.165) is 5.56 Å². The minimum absolute atomic E-state index is 0.0485. The van der Waals surface area contributed by atoms with Crippen LogP contribution in [0.5, 0.6) is 0 Å². The fraction of sp³-hybridized carbons (Fsp3) is 0.438. The molecule has 0 aromatic heterocycles. The molecule has 0 aliphatic rings. The summed E-state index contributed by atoms with van der Waals surface area (Å²) in [6.45, 7) is 5.13. The van der Waals surface area contributed by atoms with Crippen molar-refractivity contribution in [2.45, 2.75) is 45.4 Å². The summed E-state index contributed by atoms with van der Waals surface area (Å²) in [6.07, 6.45) is -1.08. The van der Waals surface area contributed by atoms with Crippen LogP contribution in [0.2, 0.25) is 0 Å². The van der Waals surface area contributed by atoms with E-state index in [1.54, 1.807) is 32.9 Å². The largest absolute Gasteiger partial charge is 0.459 e. The summed E-state index contributed by atoms with van der Waals surface area (Å²) in [5.74, 6) is -0.720. The Bertz CT molecular complexity index is 553. The van der Waals surface area contributed by atoms with Crippen LogP contribution in [0.15, 0.2) is 30.3 Å². The van der Waals surface area contributed by atoms with Gasteiger partial charge in [0.2, 0.25) is 0 Å². The zero-order valence-electron chi connectivity index (χ0n) is 13.4. The Morgan fingerprint density at radius 3 is 2.30 bits per heavy atom. The van der Waals surface area contributed by atoms with Gasteiger partial charge in [0.05, 0.1) is 0 Å². The minimum atomic E-state index is -1.14. The van der Waals surface area contributed by atoms with Gasteiger partial charge in [-0.3, -0.25) is 4.79 Å². The van der Waals surface area contributed by atoms with Gasteiger partial charge in [0.15, 0.2) is 5.12 Å². The number of nitrogens with one attached hydrogen (secondary N) is 1. The molecule has 1 rings (SSSR count). The van der Waals surface area contributed by atoms with E-state index in [4.69, 9.17) is 9.47 Å². The quantitative estimate of drug-likeness (QED) is 0.615. The van der Waals surface area contributed by atoms with E-state index >= 15 is 0 Å². The van der Waals surface area contributed by atoms with Gasteiger partial charge in [-0.25, -0.2) is 9.59 Å². The number of rotatable bonds is 6. The number of thiol groups is 1. The predicted octanol–water partition coefficient (Wildman–Crippen LogP) is 2.47. The Labute approximate surface area is 140 Å². The van der Waals surface area contributed by atoms with Crippen molar-refractivity contribution in [3.63, 3.8) is 0 Å². The van der Waals surface area contributed by atoms with Gasteiger partial charge in [-0.05, 0) is 26.3 Å². The molecule has 0 saturated heterocycles. The summed E-state index contributed by atoms with van der Waals surface area (Å²) >= 11 is 3.64. The van der Waals surface area contributed by atoms with Crippen LogP contribution in [-0.2, 0) is 25.7 Å². The number of ether oxygens (including phenoxy) is 2. The van der Waals surface area contributed by atoms with Gasteiger partial charge < -0.3 is 14.8 Å². The Kier molecular flexibility index (Phi) is 7.09. The summed E-state index contributed by atoms with van der Waals surface area (Å²) in [5.41, 5.74) is 0.0853. The number of alkyl carbamates (subject to hydrolysis) is 1. The Morgan fingerprint density at radius 2 is 1.78 bits per heavy atom. The lowest BCUT2D eigenvalue weighted by Gasteiger charge is -2.22. The molecule has 0 saturated carbocycles. The van der Waals surface area contributed by atoms with Crippen molar-refractivity contribution in [3.8, 4) is 0 Å². The molecule has 6 nitrogen and oxygen atoms in total. The second-order valence-corrected chi connectivity index (χ2v) is 6.39. The highest BCUT2D eigenvalue weighted by Gasteiger charge is 2.27.